The monoisotopic (exact) mass is 280 g/mol. The second-order valence-corrected chi connectivity index (χ2v) is 5.70. The van der Waals surface area contributed by atoms with Crippen LogP contribution in [-0.2, 0) is 11.2 Å². The van der Waals surface area contributed by atoms with Crippen LogP contribution in [0.2, 0.25) is 0 Å². The Morgan fingerprint density at radius 3 is 2.62 bits per heavy atom. The molecule has 0 saturated heterocycles. The average Bonchev–Trinajstić information content (AvgIpc) is 2.45. The maximum absolute atomic E-state index is 12.6. The number of rotatable bonds is 2. The minimum Gasteiger partial charge on any atom is -0.324 e. The Hall–Kier alpha value is -2.13. The summed E-state index contributed by atoms with van der Waals surface area (Å²) < 4.78 is 0. The fourth-order valence-electron chi connectivity index (χ4n) is 3.00. The van der Waals surface area contributed by atoms with Crippen LogP contribution >= 0.6 is 0 Å². The molecule has 0 radical (unpaired) electrons. The van der Waals surface area contributed by atoms with E-state index in [0.29, 0.717) is 0 Å². The van der Waals surface area contributed by atoms with Crippen LogP contribution in [0, 0.1) is 13.8 Å². The first-order chi connectivity index (χ1) is 10.1. The lowest BCUT2D eigenvalue weighted by molar-refractivity contribution is -0.118. The molecule has 0 saturated carbocycles. The van der Waals surface area contributed by atoms with E-state index in [1.54, 1.807) is 0 Å². The summed E-state index contributed by atoms with van der Waals surface area (Å²) >= 11 is 0. The van der Waals surface area contributed by atoms with Crippen LogP contribution in [-0.4, -0.2) is 12.5 Å². The number of hydrogen-bond acceptors (Lipinski definition) is 2. The van der Waals surface area contributed by atoms with Crippen molar-refractivity contribution in [3.8, 4) is 0 Å². The number of benzene rings is 2. The van der Waals surface area contributed by atoms with Gasteiger partial charge in [0.05, 0.1) is 0 Å². The van der Waals surface area contributed by atoms with Gasteiger partial charge in [-0.25, -0.2) is 0 Å². The molecule has 108 valence electrons. The van der Waals surface area contributed by atoms with E-state index in [1.807, 2.05) is 44.2 Å². The first-order valence-corrected chi connectivity index (χ1v) is 7.34. The molecule has 21 heavy (non-hydrogen) atoms. The number of carbonyl (C=O) groups excluding carboxylic acids is 1. The second kappa shape index (κ2) is 5.70. The van der Waals surface area contributed by atoms with Gasteiger partial charge in [-0.3, -0.25) is 4.79 Å². The third-order valence-corrected chi connectivity index (χ3v) is 3.86. The van der Waals surface area contributed by atoms with Crippen LogP contribution in [0.25, 0.3) is 0 Å². The third kappa shape index (κ3) is 2.98. The Kier molecular flexibility index (Phi) is 3.76. The number of amides is 1. The molecule has 1 aliphatic rings. The van der Waals surface area contributed by atoms with E-state index in [1.165, 1.54) is 5.56 Å². The number of hydrogen-bond donors (Lipinski definition) is 2. The molecule has 1 unspecified atom stereocenters. The highest BCUT2D eigenvalue weighted by Gasteiger charge is 2.25. The summed E-state index contributed by atoms with van der Waals surface area (Å²) in [6.45, 7) is 4.91. The summed E-state index contributed by atoms with van der Waals surface area (Å²) in [7, 11) is 0. The smallest absolute Gasteiger partial charge is 0.246 e. The van der Waals surface area contributed by atoms with Gasteiger partial charge in [-0.05, 0) is 54.7 Å². The molecule has 0 aliphatic carbocycles. The molecule has 2 N–H and O–H groups in total. The first kappa shape index (κ1) is 13.8. The zero-order valence-corrected chi connectivity index (χ0v) is 12.4. The fraction of sp³-hybridized carbons (Fsp3) is 0.278. The van der Waals surface area contributed by atoms with Gasteiger partial charge in [0.25, 0.3) is 0 Å². The quantitative estimate of drug-likeness (QED) is 0.887. The van der Waals surface area contributed by atoms with Crippen LogP contribution < -0.4 is 10.6 Å². The highest BCUT2D eigenvalue weighted by atomic mass is 16.2. The zero-order chi connectivity index (χ0) is 14.8. The summed E-state index contributed by atoms with van der Waals surface area (Å²) in [4.78, 5) is 12.6. The standard InChI is InChI=1S/C18H20N2O/c1-12-9-13(2)11-15(10-12)20-18(21)17-16-6-4-3-5-14(16)7-8-19-17/h3-6,9-11,17,19H,7-8H2,1-2H3,(H,20,21). The Morgan fingerprint density at radius 1 is 1.14 bits per heavy atom. The molecule has 0 bridgehead atoms. The number of anilines is 1. The molecule has 3 nitrogen and oxygen atoms in total. The van der Waals surface area contributed by atoms with Crippen LogP contribution in [0.3, 0.4) is 0 Å². The van der Waals surface area contributed by atoms with Crippen LogP contribution in [0.15, 0.2) is 42.5 Å². The topological polar surface area (TPSA) is 41.1 Å². The summed E-state index contributed by atoms with van der Waals surface area (Å²) in [5, 5.41) is 6.35. The number of fused-ring (bicyclic) bond motifs is 1. The summed E-state index contributed by atoms with van der Waals surface area (Å²) in [6, 6.07) is 14.0. The van der Waals surface area contributed by atoms with Crippen molar-refractivity contribution in [2.45, 2.75) is 26.3 Å². The number of carbonyl (C=O) groups is 1. The Bertz CT molecular complexity index is 658. The molecule has 0 fully saturated rings. The normalized spacial score (nSPS) is 17.1. The molecule has 1 heterocycles. The van der Waals surface area contributed by atoms with E-state index in [9.17, 15) is 4.79 Å². The predicted molar refractivity (Wildman–Crippen MR) is 85.4 cm³/mol. The van der Waals surface area contributed by atoms with E-state index in [2.05, 4.69) is 22.8 Å². The molecule has 1 amide bonds. The van der Waals surface area contributed by atoms with Crippen LogP contribution in [0.4, 0.5) is 5.69 Å². The van der Waals surface area contributed by atoms with Gasteiger partial charge in [-0.15, -0.1) is 0 Å². The molecular formula is C18H20N2O. The van der Waals surface area contributed by atoms with E-state index >= 15 is 0 Å². The Labute approximate surface area is 125 Å². The predicted octanol–water partition coefficient (Wildman–Crippen LogP) is 3.13. The maximum atomic E-state index is 12.6. The Morgan fingerprint density at radius 2 is 1.86 bits per heavy atom. The van der Waals surface area contributed by atoms with Gasteiger partial charge in [0.2, 0.25) is 5.91 Å². The molecule has 2 aromatic carbocycles. The van der Waals surface area contributed by atoms with Crippen molar-refractivity contribution in [1.82, 2.24) is 5.32 Å². The van der Waals surface area contributed by atoms with Gasteiger partial charge in [-0.2, -0.15) is 0 Å². The average molecular weight is 280 g/mol. The van der Waals surface area contributed by atoms with Crippen molar-refractivity contribution in [3.63, 3.8) is 0 Å². The highest BCUT2D eigenvalue weighted by molar-refractivity contribution is 5.96. The minimum atomic E-state index is -0.268. The largest absolute Gasteiger partial charge is 0.324 e. The van der Waals surface area contributed by atoms with Crippen molar-refractivity contribution < 1.29 is 4.79 Å². The van der Waals surface area contributed by atoms with Gasteiger partial charge in [0.1, 0.15) is 6.04 Å². The van der Waals surface area contributed by atoms with Crippen LogP contribution in [0.5, 0.6) is 0 Å². The van der Waals surface area contributed by atoms with Crippen molar-refractivity contribution in [2.24, 2.45) is 0 Å². The van der Waals surface area contributed by atoms with Crippen LogP contribution in [0.1, 0.15) is 28.3 Å². The maximum Gasteiger partial charge on any atom is 0.246 e. The Balaban J connectivity index is 1.83. The molecule has 3 rings (SSSR count). The van der Waals surface area contributed by atoms with E-state index in [0.717, 1.165) is 35.3 Å². The minimum absolute atomic E-state index is 0.00662. The zero-order valence-electron chi connectivity index (χ0n) is 12.4. The molecule has 1 aliphatic heterocycles. The van der Waals surface area contributed by atoms with Crippen molar-refractivity contribution in [1.29, 1.82) is 0 Å². The van der Waals surface area contributed by atoms with Gasteiger partial charge < -0.3 is 10.6 Å². The van der Waals surface area contributed by atoms with Gasteiger partial charge in [-0.1, -0.05) is 30.3 Å². The first-order valence-electron chi connectivity index (χ1n) is 7.34. The fourth-order valence-corrected chi connectivity index (χ4v) is 3.00. The molecule has 0 aromatic heterocycles. The van der Waals surface area contributed by atoms with Crippen molar-refractivity contribution in [3.05, 3.63) is 64.7 Å². The molecule has 1 atom stereocenters. The summed E-state index contributed by atoms with van der Waals surface area (Å²) in [5.41, 5.74) is 5.52. The van der Waals surface area contributed by atoms with Gasteiger partial charge in [0, 0.05) is 12.2 Å². The van der Waals surface area contributed by atoms with Crippen molar-refractivity contribution >= 4 is 11.6 Å². The SMILES string of the molecule is Cc1cc(C)cc(NC(=O)C2NCCc3ccccc32)c1. The van der Waals surface area contributed by atoms with Crippen molar-refractivity contribution in [2.75, 3.05) is 11.9 Å². The summed E-state index contributed by atoms with van der Waals surface area (Å²) in [6.07, 6.45) is 0.976. The highest BCUT2D eigenvalue weighted by Crippen LogP contribution is 2.24. The lowest BCUT2D eigenvalue weighted by Gasteiger charge is -2.26. The lowest BCUT2D eigenvalue weighted by atomic mass is 9.94. The number of aryl methyl sites for hydroxylation is 2. The number of nitrogens with one attached hydrogen (secondary N) is 2. The molecular weight excluding hydrogens is 260 g/mol. The molecule has 2 aromatic rings. The molecule has 3 heteroatoms. The van der Waals surface area contributed by atoms with Gasteiger partial charge >= 0.3 is 0 Å². The summed E-state index contributed by atoms with van der Waals surface area (Å²) in [5.74, 6) is 0.00662. The van der Waals surface area contributed by atoms with Gasteiger partial charge in [0.15, 0.2) is 0 Å². The second-order valence-electron chi connectivity index (χ2n) is 5.70. The lowest BCUT2D eigenvalue weighted by Crippen LogP contribution is -2.38. The van der Waals surface area contributed by atoms with E-state index < -0.39 is 0 Å². The third-order valence-electron chi connectivity index (χ3n) is 3.86. The molecule has 0 spiro atoms. The van der Waals surface area contributed by atoms with E-state index in [4.69, 9.17) is 0 Å². The van der Waals surface area contributed by atoms with E-state index in [-0.39, 0.29) is 11.9 Å².